The fourth-order valence-corrected chi connectivity index (χ4v) is 1.98. The third kappa shape index (κ3) is 1.93. The number of nitrogens with two attached hydrogens (primary N) is 1. The summed E-state index contributed by atoms with van der Waals surface area (Å²) >= 11 is 7.27. The van der Waals surface area contributed by atoms with Gasteiger partial charge in [0, 0.05) is 16.3 Å². The molecule has 11 heavy (non-hydrogen) atoms. The zero-order valence-corrected chi connectivity index (χ0v) is 7.75. The van der Waals surface area contributed by atoms with Gasteiger partial charge in [0.2, 0.25) is 0 Å². The smallest absolute Gasteiger partial charge is 0.100 e. The van der Waals surface area contributed by atoms with E-state index in [1.165, 1.54) is 11.3 Å². The molecule has 1 rings (SSSR count). The fourth-order valence-electron chi connectivity index (χ4n) is 0.762. The summed E-state index contributed by atoms with van der Waals surface area (Å²) in [5.41, 5.74) is 5.28. The van der Waals surface area contributed by atoms with Crippen LogP contribution in [0, 0.1) is 6.92 Å². The maximum atomic E-state index is 9.29. The number of hydrogen-bond acceptors (Lipinski definition) is 3. The van der Waals surface area contributed by atoms with E-state index in [9.17, 15) is 5.11 Å². The third-order valence-electron chi connectivity index (χ3n) is 1.43. The van der Waals surface area contributed by atoms with Crippen LogP contribution in [-0.2, 0) is 0 Å². The maximum absolute atomic E-state index is 9.29. The summed E-state index contributed by atoms with van der Waals surface area (Å²) in [5, 5.41) is 10.00. The number of halogens is 1. The van der Waals surface area contributed by atoms with Gasteiger partial charge in [-0.2, -0.15) is 0 Å². The van der Waals surface area contributed by atoms with Gasteiger partial charge in [-0.25, -0.2) is 0 Å². The van der Waals surface area contributed by atoms with Gasteiger partial charge < -0.3 is 10.8 Å². The average molecular weight is 192 g/mol. The van der Waals surface area contributed by atoms with Crippen LogP contribution < -0.4 is 5.73 Å². The molecule has 0 saturated heterocycles. The zero-order valence-electron chi connectivity index (χ0n) is 6.17. The summed E-state index contributed by atoms with van der Waals surface area (Å²) in [6.45, 7) is 2.16. The number of aliphatic hydroxyl groups excluding tert-OH is 1. The minimum absolute atomic E-state index is 0.246. The molecule has 0 aliphatic rings. The van der Waals surface area contributed by atoms with Crippen LogP contribution in [-0.4, -0.2) is 11.7 Å². The Kier molecular flexibility index (Phi) is 2.90. The number of aryl methyl sites for hydroxylation is 1. The Morgan fingerprint density at radius 1 is 1.82 bits per heavy atom. The molecular weight excluding hydrogens is 182 g/mol. The van der Waals surface area contributed by atoms with Crippen molar-refractivity contribution in [1.29, 1.82) is 0 Å². The molecule has 1 aromatic rings. The van der Waals surface area contributed by atoms with Gasteiger partial charge in [0.25, 0.3) is 0 Å². The molecule has 0 radical (unpaired) electrons. The van der Waals surface area contributed by atoms with Crippen molar-refractivity contribution in [3.8, 4) is 0 Å². The van der Waals surface area contributed by atoms with Crippen LogP contribution in [0.1, 0.15) is 15.9 Å². The van der Waals surface area contributed by atoms with Crippen molar-refractivity contribution in [1.82, 2.24) is 0 Å². The van der Waals surface area contributed by atoms with E-state index >= 15 is 0 Å². The molecule has 1 unspecified atom stereocenters. The van der Waals surface area contributed by atoms with Gasteiger partial charge >= 0.3 is 0 Å². The van der Waals surface area contributed by atoms with Crippen molar-refractivity contribution < 1.29 is 5.11 Å². The van der Waals surface area contributed by atoms with Crippen LogP contribution in [0.25, 0.3) is 0 Å². The van der Waals surface area contributed by atoms with Crippen molar-refractivity contribution in [2.45, 2.75) is 13.0 Å². The number of aliphatic hydroxyl groups is 1. The van der Waals surface area contributed by atoms with Crippen molar-refractivity contribution in [3.05, 3.63) is 20.8 Å². The molecule has 0 saturated carbocycles. The Hall–Kier alpha value is -0.0900. The summed E-state index contributed by atoms with van der Waals surface area (Å²) in [6, 6.07) is 1.76. The van der Waals surface area contributed by atoms with Gasteiger partial charge in [-0.3, -0.25) is 0 Å². The molecule has 2 nitrogen and oxygen atoms in total. The monoisotopic (exact) mass is 191 g/mol. The first-order valence-electron chi connectivity index (χ1n) is 3.29. The van der Waals surface area contributed by atoms with Gasteiger partial charge in [0.05, 0.1) is 5.02 Å². The quantitative estimate of drug-likeness (QED) is 0.748. The predicted octanol–water partition coefficient (Wildman–Crippen LogP) is 1.70. The normalized spacial score (nSPS) is 13.5. The topological polar surface area (TPSA) is 46.2 Å². The highest BCUT2D eigenvalue weighted by Gasteiger charge is 2.09. The molecule has 0 bridgehead atoms. The van der Waals surface area contributed by atoms with E-state index in [4.69, 9.17) is 17.3 Å². The first-order valence-corrected chi connectivity index (χ1v) is 4.48. The Bertz CT molecular complexity index is 229. The Labute approximate surface area is 74.6 Å². The summed E-state index contributed by atoms with van der Waals surface area (Å²) in [5.74, 6) is 0. The number of hydrogen-bond donors (Lipinski definition) is 2. The van der Waals surface area contributed by atoms with Crippen molar-refractivity contribution in [2.75, 3.05) is 6.54 Å². The van der Waals surface area contributed by atoms with Gasteiger partial charge in [-0.1, -0.05) is 11.6 Å². The second kappa shape index (κ2) is 3.54. The van der Waals surface area contributed by atoms with Gasteiger partial charge in [0.1, 0.15) is 6.10 Å². The maximum Gasteiger partial charge on any atom is 0.100 e. The lowest BCUT2D eigenvalue weighted by Crippen LogP contribution is -2.09. The molecule has 0 aliphatic heterocycles. The van der Waals surface area contributed by atoms with Crippen LogP contribution in [0.4, 0.5) is 0 Å². The van der Waals surface area contributed by atoms with E-state index < -0.39 is 6.10 Å². The van der Waals surface area contributed by atoms with Crippen LogP contribution in [0.5, 0.6) is 0 Å². The molecule has 1 atom stereocenters. The second-order valence-electron chi connectivity index (χ2n) is 2.30. The van der Waals surface area contributed by atoms with E-state index in [1.54, 1.807) is 6.07 Å². The molecule has 1 aromatic heterocycles. The van der Waals surface area contributed by atoms with Gasteiger partial charge in [0.15, 0.2) is 0 Å². The van der Waals surface area contributed by atoms with E-state index in [-0.39, 0.29) is 6.54 Å². The first-order chi connectivity index (χ1) is 5.15. The molecule has 3 N–H and O–H groups in total. The molecule has 62 valence electrons. The van der Waals surface area contributed by atoms with E-state index in [2.05, 4.69) is 0 Å². The molecule has 0 aliphatic carbocycles. The fraction of sp³-hybridized carbons (Fsp3) is 0.429. The summed E-state index contributed by atoms with van der Waals surface area (Å²) in [7, 11) is 0. The molecular formula is C7H10ClNOS. The highest BCUT2D eigenvalue weighted by Crippen LogP contribution is 2.29. The SMILES string of the molecule is Cc1sc(C(O)CN)cc1Cl. The summed E-state index contributed by atoms with van der Waals surface area (Å²) in [4.78, 5) is 1.86. The number of rotatable bonds is 2. The molecule has 4 heteroatoms. The third-order valence-corrected chi connectivity index (χ3v) is 3.08. The molecule has 1 heterocycles. The first kappa shape index (κ1) is 9.00. The minimum atomic E-state index is -0.564. The highest BCUT2D eigenvalue weighted by molar-refractivity contribution is 7.12. The van der Waals surface area contributed by atoms with E-state index in [1.807, 2.05) is 6.92 Å². The highest BCUT2D eigenvalue weighted by atomic mass is 35.5. The summed E-state index contributed by atoms with van der Waals surface area (Å²) in [6.07, 6.45) is -0.564. The van der Waals surface area contributed by atoms with Gasteiger partial charge in [-0.05, 0) is 13.0 Å². The molecule has 0 spiro atoms. The average Bonchev–Trinajstić information content (AvgIpc) is 2.31. The van der Waals surface area contributed by atoms with Crippen molar-refractivity contribution >= 4 is 22.9 Å². The second-order valence-corrected chi connectivity index (χ2v) is 4.00. The molecule has 0 amide bonds. The Morgan fingerprint density at radius 3 is 2.82 bits per heavy atom. The predicted molar refractivity (Wildman–Crippen MR) is 48.1 cm³/mol. The Morgan fingerprint density at radius 2 is 2.45 bits per heavy atom. The van der Waals surface area contributed by atoms with Crippen LogP contribution in [0.2, 0.25) is 5.02 Å². The molecule has 0 aromatic carbocycles. The largest absolute Gasteiger partial charge is 0.386 e. The van der Waals surface area contributed by atoms with Crippen LogP contribution in [0.15, 0.2) is 6.07 Å². The molecule has 0 fully saturated rings. The van der Waals surface area contributed by atoms with Crippen molar-refractivity contribution in [3.63, 3.8) is 0 Å². The Balaban J connectivity index is 2.88. The standard InChI is InChI=1S/C7H10ClNOS/c1-4-5(8)2-7(11-4)6(10)3-9/h2,6,10H,3,9H2,1H3. The van der Waals surface area contributed by atoms with Gasteiger partial charge in [-0.15, -0.1) is 11.3 Å². The van der Waals surface area contributed by atoms with Crippen molar-refractivity contribution in [2.24, 2.45) is 5.73 Å². The lowest BCUT2D eigenvalue weighted by molar-refractivity contribution is 0.190. The van der Waals surface area contributed by atoms with E-state index in [0.29, 0.717) is 5.02 Å². The van der Waals surface area contributed by atoms with Crippen LogP contribution >= 0.6 is 22.9 Å². The van der Waals surface area contributed by atoms with E-state index in [0.717, 1.165) is 9.75 Å². The number of thiophene rings is 1. The lowest BCUT2D eigenvalue weighted by Gasteiger charge is -2.01. The minimum Gasteiger partial charge on any atom is -0.386 e. The zero-order chi connectivity index (χ0) is 8.43. The summed E-state index contributed by atoms with van der Waals surface area (Å²) < 4.78 is 0. The lowest BCUT2D eigenvalue weighted by atomic mass is 10.3. The van der Waals surface area contributed by atoms with Crippen LogP contribution in [0.3, 0.4) is 0 Å².